The molecule has 4 heteroatoms. The highest BCUT2D eigenvalue weighted by atomic mass is 35.5. The summed E-state index contributed by atoms with van der Waals surface area (Å²) in [5, 5.41) is 0.672. The first kappa shape index (κ1) is 10.0. The van der Waals surface area contributed by atoms with E-state index in [4.69, 9.17) is 16.4 Å². The molecule has 3 nitrogen and oxygen atoms in total. The van der Waals surface area contributed by atoms with Crippen molar-refractivity contribution in [3.63, 3.8) is 0 Å². The van der Waals surface area contributed by atoms with E-state index < -0.39 is 0 Å². The number of halogens is 1. The molecule has 0 amide bonds. The van der Waals surface area contributed by atoms with Crippen LogP contribution in [0.3, 0.4) is 0 Å². The highest BCUT2D eigenvalue weighted by Crippen LogP contribution is 2.16. The van der Waals surface area contributed by atoms with Crippen LogP contribution < -0.4 is 5.48 Å². The number of benzene rings is 1. The van der Waals surface area contributed by atoms with E-state index in [2.05, 4.69) is 10.5 Å². The van der Waals surface area contributed by atoms with Gasteiger partial charge in [0.05, 0.1) is 12.3 Å². The lowest BCUT2D eigenvalue weighted by molar-refractivity contribution is 0.100. The number of nitrogens with zero attached hydrogens (tertiary/aromatic N) is 1. The van der Waals surface area contributed by atoms with Crippen molar-refractivity contribution in [2.24, 2.45) is 4.99 Å². The minimum Gasteiger partial charge on any atom is -0.276 e. The monoisotopic (exact) mass is 198 g/mol. The fraction of sp³-hybridized carbons (Fsp3) is 0.222. The van der Waals surface area contributed by atoms with Gasteiger partial charge < -0.3 is 0 Å². The average molecular weight is 199 g/mol. The van der Waals surface area contributed by atoms with E-state index in [0.29, 0.717) is 11.6 Å². The van der Waals surface area contributed by atoms with Gasteiger partial charge in [-0.1, -0.05) is 17.7 Å². The molecule has 1 N–H and O–H groups in total. The zero-order valence-corrected chi connectivity index (χ0v) is 8.08. The lowest BCUT2D eigenvalue weighted by Gasteiger charge is -1.96. The third-order valence-corrected chi connectivity index (χ3v) is 1.54. The Hall–Kier alpha value is -1.06. The van der Waals surface area contributed by atoms with Crippen molar-refractivity contribution >= 4 is 23.6 Å². The summed E-state index contributed by atoms with van der Waals surface area (Å²) < 4.78 is 0. The molecular formula is C9H11ClN2O. The van der Waals surface area contributed by atoms with Gasteiger partial charge >= 0.3 is 0 Å². The van der Waals surface area contributed by atoms with E-state index in [1.807, 2.05) is 19.1 Å². The number of hydroxylamine groups is 1. The van der Waals surface area contributed by atoms with Gasteiger partial charge in [0.2, 0.25) is 0 Å². The van der Waals surface area contributed by atoms with Crippen LogP contribution in [0.15, 0.2) is 29.3 Å². The van der Waals surface area contributed by atoms with Gasteiger partial charge in [0, 0.05) is 5.02 Å². The molecule has 0 aromatic heterocycles. The minimum atomic E-state index is 0.599. The highest BCUT2D eigenvalue weighted by molar-refractivity contribution is 6.30. The predicted octanol–water partition coefficient (Wildman–Crippen LogP) is 2.54. The van der Waals surface area contributed by atoms with E-state index in [1.54, 1.807) is 12.1 Å². The average Bonchev–Trinajstić information content (AvgIpc) is 2.13. The molecule has 0 saturated carbocycles. The van der Waals surface area contributed by atoms with Crippen molar-refractivity contribution in [3.8, 4) is 0 Å². The van der Waals surface area contributed by atoms with Gasteiger partial charge in [0.1, 0.15) is 6.34 Å². The molecule has 0 spiro atoms. The maximum absolute atomic E-state index is 5.76. The highest BCUT2D eigenvalue weighted by Gasteiger charge is 1.88. The van der Waals surface area contributed by atoms with Crippen LogP contribution in [-0.2, 0) is 4.84 Å². The third-order valence-electron chi connectivity index (χ3n) is 1.30. The second-order valence-corrected chi connectivity index (χ2v) is 2.73. The van der Waals surface area contributed by atoms with E-state index in [-0.39, 0.29) is 0 Å². The number of hydrogen-bond acceptors (Lipinski definition) is 2. The summed E-state index contributed by atoms with van der Waals surface area (Å²) in [5.74, 6) is 0. The molecule has 1 aromatic carbocycles. The SMILES string of the molecule is CCONC=Nc1cccc(Cl)c1. The molecule has 13 heavy (non-hydrogen) atoms. The lowest BCUT2D eigenvalue weighted by Crippen LogP contribution is -2.10. The first-order valence-corrected chi connectivity index (χ1v) is 4.36. The van der Waals surface area contributed by atoms with Crippen molar-refractivity contribution in [1.29, 1.82) is 0 Å². The summed E-state index contributed by atoms with van der Waals surface area (Å²) in [6, 6.07) is 7.27. The van der Waals surface area contributed by atoms with Gasteiger partial charge in [-0.25, -0.2) is 4.99 Å². The van der Waals surface area contributed by atoms with Gasteiger partial charge in [0.15, 0.2) is 0 Å². The maximum atomic E-state index is 5.76. The Morgan fingerprint density at radius 3 is 3.15 bits per heavy atom. The van der Waals surface area contributed by atoms with E-state index in [1.165, 1.54) is 6.34 Å². The zero-order chi connectivity index (χ0) is 9.52. The zero-order valence-electron chi connectivity index (χ0n) is 7.33. The Balaban J connectivity index is 2.48. The summed E-state index contributed by atoms with van der Waals surface area (Å²) in [4.78, 5) is 8.91. The van der Waals surface area contributed by atoms with E-state index in [0.717, 1.165) is 5.69 Å². The number of rotatable bonds is 4. The van der Waals surface area contributed by atoms with Crippen LogP contribution in [0, 0.1) is 0 Å². The van der Waals surface area contributed by atoms with Gasteiger partial charge in [-0.2, -0.15) is 0 Å². The van der Waals surface area contributed by atoms with Gasteiger partial charge in [-0.15, -0.1) is 0 Å². The summed E-state index contributed by atoms with van der Waals surface area (Å²) in [6.45, 7) is 2.49. The molecule has 1 aromatic rings. The van der Waals surface area contributed by atoms with Crippen LogP contribution in [0.25, 0.3) is 0 Å². The lowest BCUT2D eigenvalue weighted by atomic mass is 10.3. The molecule has 0 aliphatic carbocycles. The smallest absolute Gasteiger partial charge is 0.113 e. The van der Waals surface area contributed by atoms with Crippen molar-refractivity contribution in [1.82, 2.24) is 5.48 Å². The summed E-state index contributed by atoms with van der Waals surface area (Å²) in [6.07, 6.45) is 1.48. The maximum Gasteiger partial charge on any atom is 0.113 e. The van der Waals surface area contributed by atoms with Gasteiger partial charge in [-0.05, 0) is 25.1 Å². The van der Waals surface area contributed by atoms with Crippen LogP contribution in [-0.4, -0.2) is 12.9 Å². The molecule has 0 radical (unpaired) electrons. The van der Waals surface area contributed by atoms with Crippen LogP contribution >= 0.6 is 11.6 Å². The second kappa shape index (κ2) is 5.56. The Labute approximate surface area is 82.3 Å². The number of hydrogen-bond donors (Lipinski definition) is 1. The fourth-order valence-corrected chi connectivity index (χ4v) is 0.962. The van der Waals surface area contributed by atoms with Crippen molar-refractivity contribution < 1.29 is 4.84 Å². The Morgan fingerprint density at radius 1 is 1.62 bits per heavy atom. The standard InChI is InChI=1S/C9H11ClN2O/c1-2-13-12-7-11-9-5-3-4-8(10)6-9/h3-7H,2H2,1H3,(H,11,12). The molecule has 0 aliphatic rings. The van der Waals surface area contributed by atoms with Gasteiger partial charge in [0.25, 0.3) is 0 Å². The van der Waals surface area contributed by atoms with E-state index >= 15 is 0 Å². The topological polar surface area (TPSA) is 33.6 Å². The van der Waals surface area contributed by atoms with Crippen LogP contribution in [0.1, 0.15) is 6.92 Å². The largest absolute Gasteiger partial charge is 0.276 e. The fourth-order valence-electron chi connectivity index (χ4n) is 0.778. The van der Waals surface area contributed by atoms with Crippen LogP contribution in [0.4, 0.5) is 5.69 Å². The molecule has 70 valence electrons. The van der Waals surface area contributed by atoms with Crippen LogP contribution in [0.5, 0.6) is 0 Å². The Kier molecular flexibility index (Phi) is 4.29. The molecule has 0 saturated heterocycles. The summed E-state index contributed by atoms with van der Waals surface area (Å²) >= 11 is 5.76. The molecule has 0 heterocycles. The Bertz CT molecular complexity index is 289. The number of nitrogens with one attached hydrogen (secondary N) is 1. The van der Waals surface area contributed by atoms with Crippen molar-refractivity contribution in [2.45, 2.75) is 6.92 Å². The summed E-state index contributed by atoms with van der Waals surface area (Å²) in [7, 11) is 0. The third kappa shape index (κ3) is 3.92. The van der Waals surface area contributed by atoms with Crippen LogP contribution in [0.2, 0.25) is 5.02 Å². The Morgan fingerprint density at radius 2 is 2.46 bits per heavy atom. The molecule has 0 bridgehead atoms. The molecule has 0 atom stereocenters. The predicted molar refractivity (Wildman–Crippen MR) is 54.4 cm³/mol. The minimum absolute atomic E-state index is 0.599. The van der Waals surface area contributed by atoms with E-state index in [9.17, 15) is 0 Å². The quantitative estimate of drug-likeness (QED) is 0.349. The molecule has 0 aliphatic heterocycles. The molecule has 0 fully saturated rings. The molecule has 1 rings (SSSR count). The molecular weight excluding hydrogens is 188 g/mol. The van der Waals surface area contributed by atoms with Crippen molar-refractivity contribution in [3.05, 3.63) is 29.3 Å². The summed E-state index contributed by atoms with van der Waals surface area (Å²) in [5.41, 5.74) is 3.36. The first-order chi connectivity index (χ1) is 6.33. The first-order valence-electron chi connectivity index (χ1n) is 3.98. The molecule has 0 unspecified atom stereocenters. The normalized spacial score (nSPS) is 10.6. The van der Waals surface area contributed by atoms with Crippen molar-refractivity contribution in [2.75, 3.05) is 6.61 Å². The number of aliphatic imine (C=N–C) groups is 1. The second-order valence-electron chi connectivity index (χ2n) is 2.29. The van der Waals surface area contributed by atoms with Gasteiger partial charge in [-0.3, -0.25) is 10.3 Å².